The van der Waals surface area contributed by atoms with Crippen LogP contribution in [0.25, 0.3) is 0 Å². The van der Waals surface area contributed by atoms with Crippen LogP contribution in [0.4, 0.5) is 4.39 Å². The number of rotatable bonds is 4. The number of halogens is 2. The van der Waals surface area contributed by atoms with Crippen molar-refractivity contribution in [3.8, 4) is 5.75 Å². The molecule has 0 aliphatic carbocycles. The van der Waals surface area contributed by atoms with E-state index in [9.17, 15) is 4.39 Å². The minimum atomic E-state index is -0.248. The summed E-state index contributed by atoms with van der Waals surface area (Å²) >= 11 is 3.35. The van der Waals surface area contributed by atoms with E-state index in [2.05, 4.69) is 27.3 Å². The van der Waals surface area contributed by atoms with Crippen molar-refractivity contribution < 1.29 is 9.13 Å². The SMILES string of the molecule is CNC(c1cc(F)cc(Br)c1)c1cc(C)c(OC)cc1C. The summed E-state index contributed by atoms with van der Waals surface area (Å²) in [6.07, 6.45) is 0. The van der Waals surface area contributed by atoms with Gasteiger partial charge in [0.05, 0.1) is 13.2 Å². The summed E-state index contributed by atoms with van der Waals surface area (Å²) in [5, 5.41) is 3.27. The molecule has 21 heavy (non-hydrogen) atoms. The zero-order valence-corrected chi connectivity index (χ0v) is 14.2. The van der Waals surface area contributed by atoms with Gasteiger partial charge in [0.2, 0.25) is 0 Å². The van der Waals surface area contributed by atoms with Crippen molar-refractivity contribution in [2.75, 3.05) is 14.2 Å². The molecule has 0 fully saturated rings. The van der Waals surface area contributed by atoms with Crippen molar-refractivity contribution in [1.29, 1.82) is 0 Å². The largest absolute Gasteiger partial charge is 0.496 e. The van der Waals surface area contributed by atoms with Gasteiger partial charge in [-0.3, -0.25) is 0 Å². The zero-order valence-electron chi connectivity index (χ0n) is 12.6. The molecule has 0 aliphatic heterocycles. The smallest absolute Gasteiger partial charge is 0.124 e. The fourth-order valence-electron chi connectivity index (χ4n) is 2.59. The molecular formula is C17H19BrFNO. The van der Waals surface area contributed by atoms with Crippen molar-refractivity contribution in [1.82, 2.24) is 5.32 Å². The van der Waals surface area contributed by atoms with Crippen LogP contribution in [-0.4, -0.2) is 14.2 Å². The first-order chi connectivity index (χ1) is 9.96. The molecule has 2 nitrogen and oxygen atoms in total. The van der Waals surface area contributed by atoms with E-state index in [0.717, 1.165) is 32.5 Å². The van der Waals surface area contributed by atoms with E-state index in [1.165, 1.54) is 6.07 Å². The molecule has 0 saturated heterocycles. The van der Waals surface area contributed by atoms with E-state index in [-0.39, 0.29) is 11.9 Å². The predicted octanol–water partition coefficient (Wildman–Crippen LogP) is 4.52. The van der Waals surface area contributed by atoms with Crippen LogP contribution >= 0.6 is 15.9 Å². The second-order valence-corrected chi connectivity index (χ2v) is 6.02. The molecule has 1 atom stereocenters. The molecule has 2 aromatic rings. The van der Waals surface area contributed by atoms with Crippen LogP contribution in [0.15, 0.2) is 34.8 Å². The highest BCUT2D eigenvalue weighted by molar-refractivity contribution is 9.10. The third-order valence-corrected chi connectivity index (χ3v) is 4.06. The Bertz CT molecular complexity index is 637. The average Bonchev–Trinajstić information content (AvgIpc) is 2.42. The molecule has 112 valence electrons. The van der Waals surface area contributed by atoms with E-state index < -0.39 is 0 Å². The topological polar surface area (TPSA) is 21.3 Å². The Hall–Kier alpha value is -1.39. The van der Waals surface area contributed by atoms with Gasteiger partial charge < -0.3 is 10.1 Å². The quantitative estimate of drug-likeness (QED) is 0.873. The third kappa shape index (κ3) is 3.44. The standard InChI is InChI=1S/C17H19BrFNO/c1-10-6-16(21-4)11(2)5-15(10)17(20-3)12-7-13(18)9-14(19)8-12/h5-9,17,20H,1-4H3. The van der Waals surface area contributed by atoms with Crippen LogP contribution in [0.1, 0.15) is 28.3 Å². The molecule has 0 radical (unpaired) electrons. The Morgan fingerprint density at radius 3 is 2.38 bits per heavy atom. The maximum atomic E-state index is 13.7. The normalized spacial score (nSPS) is 12.3. The van der Waals surface area contributed by atoms with Gasteiger partial charge in [-0.05, 0) is 67.4 Å². The summed E-state index contributed by atoms with van der Waals surface area (Å²) < 4.78 is 19.7. The monoisotopic (exact) mass is 351 g/mol. The number of aryl methyl sites for hydroxylation is 2. The third-order valence-electron chi connectivity index (χ3n) is 3.60. The van der Waals surface area contributed by atoms with E-state index >= 15 is 0 Å². The van der Waals surface area contributed by atoms with Crippen molar-refractivity contribution in [2.45, 2.75) is 19.9 Å². The van der Waals surface area contributed by atoms with Crippen LogP contribution in [0.2, 0.25) is 0 Å². The lowest BCUT2D eigenvalue weighted by Crippen LogP contribution is -2.19. The van der Waals surface area contributed by atoms with Crippen LogP contribution in [0, 0.1) is 19.7 Å². The molecule has 0 saturated carbocycles. The van der Waals surface area contributed by atoms with Crippen LogP contribution in [0.3, 0.4) is 0 Å². The minimum Gasteiger partial charge on any atom is -0.496 e. The van der Waals surface area contributed by atoms with Gasteiger partial charge in [0.1, 0.15) is 11.6 Å². The predicted molar refractivity (Wildman–Crippen MR) is 87.5 cm³/mol. The molecule has 1 unspecified atom stereocenters. The second kappa shape index (κ2) is 6.58. The summed E-state index contributed by atoms with van der Waals surface area (Å²) in [7, 11) is 3.54. The van der Waals surface area contributed by atoms with Gasteiger partial charge in [0.15, 0.2) is 0 Å². The maximum Gasteiger partial charge on any atom is 0.124 e. The number of methoxy groups -OCH3 is 1. The van der Waals surface area contributed by atoms with Crippen LogP contribution in [0.5, 0.6) is 5.75 Å². The first kappa shape index (κ1) is 16.0. The Morgan fingerprint density at radius 2 is 1.81 bits per heavy atom. The molecule has 2 aromatic carbocycles. The molecule has 0 spiro atoms. The zero-order chi connectivity index (χ0) is 15.6. The highest BCUT2D eigenvalue weighted by Crippen LogP contribution is 2.31. The van der Waals surface area contributed by atoms with Gasteiger partial charge in [0.25, 0.3) is 0 Å². The lowest BCUT2D eigenvalue weighted by molar-refractivity contribution is 0.411. The Labute approximate surface area is 133 Å². The lowest BCUT2D eigenvalue weighted by atomic mass is 9.93. The number of benzene rings is 2. The van der Waals surface area contributed by atoms with Crippen molar-refractivity contribution in [3.05, 3.63) is 62.9 Å². The number of hydrogen-bond acceptors (Lipinski definition) is 2. The maximum absolute atomic E-state index is 13.7. The number of ether oxygens (including phenoxy) is 1. The fraction of sp³-hybridized carbons (Fsp3) is 0.294. The highest BCUT2D eigenvalue weighted by Gasteiger charge is 2.17. The number of nitrogens with one attached hydrogen (secondary N) is 1. The Balaban J connectivity index is 2.53. The van der Waals surface area contributed by atoms with Crippen molar-refractivity contribution in [3.63, 3.8) is 0 Å². The van der Waals surface area contributed by atoms with Crippen molar-refractivity contribution in [2.24, 2.45) is 0 Å². The number of hydrogen-bond donors (Lipinski definition) is 1. The highest BCUT2D eigenvalue weighted by atomic mass is 79.9. The van der Waals surface area contributed by atoms with Gasteiger partial charge in [-0.15, -0.1) is 0 Å². The second-order valence-electron chi connectivity index (χ2n) is 5.10. The lowest BCUT2D eigenvalue weighted by Gasteiger charge is -2.21. The van der Waals surface area contributed by atoms with Gasteiger partial charge >= 0.3 is 0 Å². The molecule has 0 bridgehead atoms. The van der Waals surface area contributed by atoms with Gasteiger partial charge in [-0.2, -0.15) is 0 Å². The van der Waals surface area contributed by atoms with Gasteiger partial charge in [0, 0.05) is 4.47 Å². The summed E-state index contributed by atoms with van der Waals surface area (Å²) in [5.41, 5.74) is 4.18. The molecule has 0 aromatic heterocycles. The average molecular weight is 352 g/mol. The summed E-state index contributed by atoms with van der Waals surface area (Å²) in [6, 6.07) is 9.00. The Kier molecular flexibility index (Phi) is 5.01. The van der Waals surface area contributed by atoms with E-state index in [1.54, 1.807) is 13.2 Å². The Morgan fingerprint density at radius 1 is 1.10 bits per heavy atom. The first-order valence-corrected chi connectivity index (χ1v) is 7.54. The molecule has 0 aliphatic rings. The molecule has 1 N–H and O–H groups in total. The molecule has 2 rings (SSSR count). The molecular weight excluding hydrogens is 333 g/mol. The van der Waals surface area contributed by atoms with Gasteiger partial charge in [-0.25, -0.2) is 4.39 Å². The fourth-order valence-corrected chi connectivity index (χ4v) is 3.07. The first-order valence-electron chi connectivity index (χ1n) is 6.74. The molecule has 0 heterocycles. The minimum absolute atomic E-state index is 0.0680. The summed E-state index contributed by atoms with van der Waals surface area (Å²) in [6.45, 7) is 4.05. The summed E-state index contributed by atoms with van der Waals surface area (Å²) in [5.74, 6) is 0.619. The summed E-state index contributed by atoms with van der Waals surface area (Å²) in [4.78, 5) is 0. The molecule has 4 heteroatoms. The van der Waals surface area contributed by atoms with Crippen LogP contribution < -0.4 is 10.1 Å². The van der Waals surface area contributed by atoms with E-state index in [1.807, 2.05) is 33.0 Å². The van der Waals surface area contributed by atoms with Crippen molar-refractivity contribution >= 4 is 15.9 Å². The molecule has 0 amide bonds. The van der Waals surface area contributed by atoms with E-state index in [4.69, 9.17) is 4.74 Å². The van der Waals surface area contributed by atoms with E-state index in [0.29, 0.717) is 0 Å². The van der Waals surface area contributed by atoms with Crippen LogP contribution in [-0.2, 0) is 0 Å². The van der Waals surface area contributed by atoms with Gasteiger partial charge in [-0.1, -0.05) is 22.0 Å².